The lowest BCUT2D eigenvalue weighted by atomic mass is 9.78. The number of imide groups is 1. The van der Waals surface area contributed by atoms with E-state index in [9.17, 15) is 9.59 Å². The highest BCUT2D eigenvalue weighted by molar-refractivity contribution is 6.06. The third-order valence-corrected chi connectivity index (χ3v) is 4.16. The van der Waals surface area contributed by atoms with E-state index in [1.165, 1.54) is 4.90 Å². The molecule has 2 rings (SSSR count). The molecule has 2 atom stereocenters. The number of likely N-dealkylation sites (tertiary alicyclic amines) is 1. The van der Waals surface area contributed by atoms with Crippen molar-refractivity contribution >= 4 is 11.8 Å². The van der Waals surface area contributed by atoms with Crippen molar-refractivity contribution in [3.8, 4) is 0 Å². The van der Waals surface area contributed by atoms with Gasteiger partial charge in [0.25, 0.3) is 0 Å². The SMILES string of the molecule is CC(c1cn[nH]c1)N1C(=O)CC(C)(C(C)C)C1=O. The number of amides is 2. The number of H-pyrrole nitrogens is 1. The Balaban J connectivity index is 2.30. The Morgan fingerprint density at radius 3 is 2.50 bits per heavy atom. The Bertz CT molecular complexity index is 467. The Kier molecular flexibility index (Phi) is 3.00. The van der Waals surface area contributed by atoms with Gasteiger partial charge in [0, 0.05) is 18.2 Å². The number of nitrogens with one attached hydrogen (secondary N) is 1. The molecular weight excluding hydrogens is 230 g/mol. The van der Waals surface area contributed by atoms with E-state index >= 15 is 0 Å². The maximum Gasteiger partial charge on any atom is 0.236 e. The molecule has 0 aliphatic carbocycles. The van der Waals surface area contributed by atoms with Crippen molar-refractivity contribution in [3.63, 3.8) is 0 Å². The minimum absolute atomic E-state index is 0.0730. The van der Waals surface area contributed by atoms with Crippen molar-refractivity contribution in [2.75, 3.05) is 0 Å². The molecular formula is C13H19N3O2. The molecule has 1 saturated heterocycles. The van der Waals surface area contributed by atoms with Gasteiger partial charge >= 0.3 is 0 Å². The second-order valence-corrected chi connectivity index (χ2v) is 5.53. The quantitative estimate of drug-likeness (QED) is 0.832. The first-order valence-electron chi connectivity index (χ1n) is 6.23. The molecule has 0 radical (unpaired) electrons. The minimum atomic E-state index is -0.574. The zero-order chi connectivity index (χ0) is 13.5. The van der Waals surface area contributed by atoms with Gasteiger partial charge in [0.05, 0.1) is 17.7 Å². The molecule has 5 heteroatoms. The minimum Gasteiger partial charge on any atom is -0.285 e. The largest absolute Gasteiger partial charge is 0.285 e. The van der Waals surface area contributed by atoms with Gasteiger partial charge < -0.3 is 0 Å². The van der Waals surface area contributed by atoms with Crippen LogP contribution in [0.25, 0.3) is 0 Å². The van der Waals surface area contributed by atoms with Crippen molar-refractivity contribution in [3.05, 3.63) is 18.0 Å². The van der Waals surface area contributed by atoms with Crippen molar-refractivity contribution in [1.29, 1.82) is 0 Å². The predicted molar refractivity (Wildman–Crippen MR) is 66.4 cm³/mol. The summed E-state index contributed by atoms with van der Waals surface area (Å²) in [6.45, 7) is 7.70. The van der Waals surface area contributed by atoms with Gasteiger partial charge in [0.15, 0.2) is 0 Å². The van der Waals surface area contributed by atoms with E-state index in [-0.39, 0.29) is 23.8 Å². The van der Waals surface area contributed by atoms with Gasteiger partial charge in [-0.2, -0.15) is 5.10 Å². The molecule has 1 aliphatic heterocycles. The van der Waals surface area contributed by atoms with E-state index in [4.69, 9.17) is 0 Å². The van der Waals surface area contributed by atoms with E-state index in [0.717, 1.165) is 5.56 Å². The molecule has 2 amide bonds. The lowest BCUT2D eigenvalue weighted by Crippen LogP contribution is -2.38. The summed E-state index contributed by atoms with van der Waals surface area (Å²) < 4.78 is 0. The highest BCUT2D eigenvalue weighted by Gasteiger charge is 2.51. The third-order valence-electron chi connectivity index (χ3n) is 4.16. The van der Waals surface area contributed by atoms with Crippen LogP contribution in [0.5, 0.6) is 0 Å². The molecule has 0 aromatic carbocycles. The average Bonchev–Trinajstić information content (AvgIpc) is 2.87. The molecule has 2 heterocycles. The van der Waals surface area contributed by atoms with Gasteiger partial charge in [0.1, 0.15) is 0 Å². The molecule has 2 unspecified atom stereocenters. The van der Waals surface area contributed by atoms with Gasteiger partial charge in [0.2, 0.25) is 11.8 Å². The van der Waals surface area contributed by atoms with Gasteiger partial charge in [-0.3, -0.25) is 19.6 Å². The van der Waals surface area contributed by atoms with Crippen LogP contribution in [0.1, 0.15) is 45.7 Å². The molecule has 1 aromatic rings. The summed E-state index contributed by atoms with van der Waals surface area (Å²) in [7, 11) is 0. The zero-order valence-electron chi connectivity index (χ0n) is 11.2. The third kappa shape index (κ3) is 1.74. The normalized spacial score (nSPS) is 26.2. The summed E-state index contributed by atoms with van der Waals surface area (Å²) in [6.07, 6.45) is 3.66. The molecule has 0 spiro atoms. The number of carbonyl (C=O) groups is 2. The Morgan fingerprint density at radius 2 is 2.06 bits per heavy atom. The molecule has 1 N–H and O–H groups in total. The second-order valence-electron chi connectivity index (χ2n) is 5.53. The highest BCUT2D eigenvalue weighted by Crippen LogP contribution is 2.42. The fourth-order valence-corrected chi connectivity index (χ4v) is 2.34. The van der Waals surface area contributed by atoms with Crippen LogP contribution in [0, 0.1) is 11.3 Å². The standard InChI is InChI=1S/C13H19N3O2/c1-8(2)13(4)5-11(17)16(12(13)18)9(3)10-6-14-15-7-10/h6-9H,5H2,1-4H3,(H,14,15). The Morgan fingerprint density at radius 1 is 1.39 bits per heavy atom. The topological polar surface area (TPSA) is 66.1 Å². The highest BCUT2D eigenvalue weighted by atomic mass is 16.2. The van der Waals surface area contributed by atoms with E-state index < -0.39 is 5.41 Å². The first-order chi connectivity index (χ1) is 8.38. The van der Waals surface area contributed by atoms with Gasteiger partial charge in [-0.05, 0) is 19.8 Å². The molecule has 1 aliphatic rings. The van der Waals surface area contributed by atoms with Crippen LogP contribution >= 0.6 is 0 Å². The summed E-state index contributed by atoms with van der Waals surface area (Å²) in [5.74, 6) is -0.0170. The summed E-state index contributed by atoms with van der Waals surface area (Å²) in [5.41, 5.74) is 0.277. The number of hydrogen-bond acceptors (Lipinski definition) is 3. The molecule has 1 aromatic heterocycles. The number of hydrogen-bond donors (Lipinski definition) is 1. The number of aromatic amines is 1. The van der Waals surface area contributed by atoms with Crippen LogP contribution in [0.15, 0.2) is 12.4 Å². The van der Waals surface area contributed by atoms with Crippen LogP contribution in [0.3, 0.4) is 0 Å². The predicted octanol–water partition coefficient (Wildman–Crippen LogP) is 1.89. The average molecular weight is 249 g/mol. The van der Waals surface area contributed by atoms with Crippen LogP contribution in [-0.2, 0) is 9.59 Å². The first-order valence-corrected chi connectivity index (χ1v) is 6.23. The van der Waals surface area contributed by atoms with Crippen molar-refractivity contribution in [2.24, 2.45) is 11.3 Å². The Hall–Kier alpha value is -1.65. The summed E-state index contributed by atoms with van der Waals surface area (Å²) in [4.78, 5) is 26.0. The van der Waals surface area contributed by atoms with Crippen LogP contribution in [0.4, 0.5) is 0 Å². The summed E-state index contributed by atoms with van der Waals surface area (Å²) >= 11 is 0. The fourth-order valence-electron chi connectivity index (χ4n) is 2.34. The van der Waals surface area contributed by atoms with Gasteiger partial charge in [-0.25, -0.2) is 0 Å². The number of aromatic nitrogens is 2. The van der Waals surface area contributed by atoms with Crippen LogP contribution < -0.4 is 0 Å². The number of carbonyl (C=O) groups excluding carboxylic acids is 2. The van der Waals surface area contributed by atoms with Crippen molar-refractivity contribution in [2.45, 2.75) is 40.2 Å². The zero-order valence-corrected chi connectivity index (χ0v) is 11.2. The van der Waals surface area contributed by atoms with Gasteiger partial charge in [-0.15, -0.1) is 0 Å². The van der Waals surface area contributed by atoms with E-state index in [1.807, 2.05) is 27.7 Å². The molecule has 0 saturated carbocycles. The molecule has 18 heavy (non-hydrogen) atoms. The maximum atomic E-state index is 12.5. The number of rotatable bonds is 3. The Labute approximate surface area is 107 Å². The first kappa shape index (κ1) is 12.8. The summed E-state index contributed by atoms with van der Waals surface area (Å²) in [5, 5.41) is 6.57. The molecule has 0 bridgehead atoms. The smallest absolute Gasteiger partial charge is 0.236 e. The fraction of sp³-hybridized carbons (Fsp3) is 0.615. The molecule has 98 valence electrons. The monoisotopic (exact) mass is 249 g/mol. The lowest BCUT2D eigenvalue weighted by molar-refractivity contribution is -0.144. The van der Waals surface area contributed by atoms with E-state index in [2.05, 4.69) is 10.2 Å². The number of nitrogens with zero attached hydrogens (tertiary/aromatic N) is 2. The van der Waals surface area contributed by atoms with Crippen molar-refractivity contribution < 1.29 is 9.59 Å². The molecule has 5 nitrogen and oxygen atoms in total. The summed E-state index contributed by atoms with van der Waals surface area (Å²) in [6, 6.07) is -0.260. The lowest BCUT2D eigenvalue weighted by Gasteiger charge is -2.28. The van der Waals surface area contributed by atoms with E-state index in [1.54, 1.807) is 12.4 Å². The maximum absolute atomic E-state index is 12.5. The van der Waals surface area contributed by atoms with Crippen molar-refractivity contribution in [1.82, 2.24) is 15.1 Å². The van der Waals surface area contributed by atoms with Crippen LogP contribution in [0.2, 0.25) is 0 Å². The van der Waals surface area contributed by atoms with Crippen LogP contribution in [-0.4, -0.2) is 26.9 Å². The molecule has 1 fully saturated rings. The van der Waals surface area contributed by atoms with Gasteiger partial charge in [-0.1, -0.05) is 13.8 Å². The second kappa shape index (κ2) is 4.23. The van der Waals surface area contributed by atoms with E-state index in [0.29, 0.717) is 6.42 Å².